The number of aromatic nitrogens is 2. The first-order valence-electron chi connectivity index (χ1n) is 13.1. The maximum atomic E-state index is 10.3. The van der Waals surface area contributed by atoms with Crippen LogP contribution in [0.2, 0.25) is 0 Å². The highest BCUT2D eigenvalue weighted by atomic mass is 79.9. The van der Waals surface area contributed by atoms with E-state index in [1.54, 1.807) is 5.57 Å². The largest absolute Gasteiger partial charge is 1.00 e. The van der Waals surface area contributed by atoms with E-state index in [-0.39, 0.29) is 23.1 Å². The van der Waals surface area contributed by atoms with Crippen LogP contribution >= 0.6 is 15.9 Å². The average molecular weight is 590 g/mol. The minimum absolute atomic E-state index is 0. The minimum Gasteiger partial charge on any atom is -1.00 e. The van der Waals surface area contributed by atoms with Crippen LogP contribution < -0.4 is 21.5 Å². The Balaban J connectivity index is 0.00000241. The molecular weight excluding hydrogens is 552 g/mol. The number of halogens is 2. The van der Waals surface area contributed by atoms with Crippen molar-refractivity contribution in [1.82, 2.24) is 4.57 Å². The molecule has 1 heterocycles. The van der Waals surface area contributed by atoms with Gasteiger partial charge in [0, 0.05) is 15.5 Å². The molecule has 0 spiro atoms. The Hall–Kier alpha value is -0.910. The Labute approximate surface area is 223 Å². The van der Waals surface area contributed by atoms with E-state index in [1.165, 1.54) is 48.6 Å². The molecule has 5 heteroatoms. The molecule has 0 saturated heterocycles. The summed E-state index contributed by atoms with van der Waals surface area (Å²) in [5, 5.41) is 10.3. The Morgan fingerprint density at radius 1 is 1.09 bits per heavy atom. The summed E-state index contributed by atoms with van der Waals surface area (Å²) in [5.74, 6) is 2.45. The third-order valence-corrected chi connectivity index (χ3v) is 11.2. The van der Waals surface area contributed by atoms with Gasteiger partial charge < -0.3 is 22.1 Å². The van der Waals surface area contributed by atoms with Crippen LogP contribution in [0.3, 0.4) is 0 Å². The molecule has 1 N–H and O–H groups in total. The molecule has 4 aliphatic rings. The first kappa shape index (κ1) is 24.8. The second-order valence-corrected chi connectivity index (χ2v) is 12.8. The van der Waals surface area contributed by atoms with Crippen LogP contribution in [0.25, 0.3) is 0 Å². The van der Waals surface area contributed by atoms with E-state index in [9.17, 15) is 5.11 Å². The molecule has 34 heavy (non-hydrogen) atoms. The summed E-state index contributed by atoms with van der Waals surface area (Å²) in [6.45, 7) is 6.05. The van der Waals surface area contributed by atoms with Gasteiger partial charge in [-0.05, 0) is 80.6 Å². The van der Waals surface area contributed by atoms with Crippen LogP contribution in [0.1, 0.15) is 76.8 Å². The maximum Gasteiger partial charge on any atom is 0.244 e. The predicted molar refractivity (Wildman–Crippen MR) is 135 cm³/mol. The summed E-state index contributed by atoms with van der Waals surface area (Å²) < 4.78 is 6.07. The van der Waals surface area contributed by atoms with Crippen molar-refractivity contribution < 1.29 is 26.7 Å². The first-order chi connectivity index (χ1) is 15.9. The molecule has 1 aromatic heterocycles. The van der Waals surface area contributed by atoms with Gasteiger partial charge >= 0.3 is 0 Å². The zero-order valence-electron chi connectivity index (χ0n) is 20.5. The van der Waals surface area contributed by atoms with Gasteiger partial charge in [0.1, 0.15) is 25.0 Å². The number of hydrogen-bond acceptors (Lipinski definition) is 1. The average Bonchev–Trinajstić information content (AvgIpc) is 3.39. The Kier molecular flexibility index (Phi) is 6.70. The molecule has 3 saturated carbocycles. The standard InChI is InChI=1S/C29H38BrN2O.BrH/c1-28-13-11-22(33)17-21(28)7-8-23-24-9-10-27(29(24,2)14-12-25(23)28)32-16-15-31(19-32)18-20-5-3-4-6-26(20)30;/h3-7,15-16,19,22-25,27,33H,8-14,17-18H2,1-2H3;1H/q+1;/p-1/t22-,23-,24-,25-,27-,28-,29-;/m0./s1. The van der Waals surface area contributed by atoms with Crippen molar-refractivity contribution in [3.8, 4) is 0 Å². The maximum absolute atomic E-state index is 10.3. The predicted octanol–water partition coefficient (Wildman–Crippen LogP) is 3.46. The molecule has 0 unspecified atom stereocenters. The zero-order valence-corrected chi connectivity index (χ0v) is 23.6. The number of allylic oxidation sites excluding steroid dienone is 1. The number of fused-ring (bicyclic) bond motifs is 5. The van der Waals surface area contributed by atoms with Crippen LogP contribution in [0.4, 0.5) is 0 Å². The van der Waals surface area contributed by atoms with Gasteiger partial charge in [-0.2, -0.15) is 0 Å². The number of rotatable bonds is 3. The van der Waals surface area contributed by atoms with Gasteiger partial charge in [0.15, 0.2) is 0 Å². The van der Waals surface area contributed by atoms with E-state index in [2.05, 4.69) is 88.0 Å². The molecule has 0 amide bonds. The van der Waals surface area contributed by atoms with Crippen molar-refractivity contribution in [3.63, 3.8) is 0 Å². The van der Waals surface area contributed by atoms with Crippen molar-refractivity contribution in [2.75, 3.05) is 0 Å². The van der Waals surface area contributed by atoms with Crippen LogP contribution in [0.15, 0.2) is 59.1 Å². The third-order valence-electron chi connectivity index (χ3n) is 10.4. The molecule has 6 rings (SSSR count). The Morgan fingerprint density at radius 2 is 1.91 bits per heavy atom. The number of imidazole rings is 1. The molecule has 2 aromatic rings. The van der Waals surface area contributed by atoms with E-state index in [4.69, 9.17) is 0 Å². The highest BCUT2D eigenvalue weighted by Crippen LogP contribution is 2.67. The third kappa shape index (κ3) is 3.89. The fourth-order valence-corrected chi connectivity index (χ4v) is 9.03. The van der Waals surface area contributed by atoms with E-state index in [0.717, 1.165) is 37.1 Å². The van der Waals surface area contributed by atoms with Gasteiger partial charge in [0.05, 0.1) is 6.10 Å². The van der Waals surface area contributed by atoms with Crippen LogP contribution in [0.5, 0.6) is 0 Å². The number of nitrogens with zero attached hydrogens (tertiary/aromatic N) is 2. The monoisotopic (exact) mass is 588 g/mol. The molecule has 0 aliphatic heterocycles. The number of hydrogen-bond donors (Lipinski definition) is 1. The Bertz CT molecular complexity index is 1080. The quantitative estimate of drug-likeness (QED) is 0.431. The van der Waals surface area contributed by atoms with Crippen LogP contribution in [0, 0.1) is 28.6 Å². The molecule has 0 bridgehead atoms. The highest BCUT2D eigenvalue weighted by molar-refractivity contribution is 9.10. The lowest BCUT2D eigenvalue weighted by Gasteiger charge is -2.57. The van der Waals surface area contributed by atoms with Gasteiger partial charge in [-0.1, -0.05) is 59.6 Å². The summed E-state index contributed by atoms with van der Waals surface area (Å²) in [6, 6.07) is 9.15. The van der Waals surface area contributed by atoms with Crippen LogP contribution in [-0.2, 0) is 6.54 Å². The lowest BCUT2D eigenvalue weighted by Crippen LogP contribution is -3.00. The summed E-state index contributed by atoms with van der Waals surface area (Å²) >= 11 is 3.71. The van der Waals surface area contributed by atoms with Crippen molar-refractivity contribution in [2.45, 2.75) is 83.9 Å². The van der Waals surface area contributed by atoms with Crippen molar-refractivity contribution in [1.29, 1.82) is 0 Å². The lowest BCUT2D eigenvalue weighted by molar-refractivity contribution is -0.688. The van der Waals surface area contributed by atoms with E-state index < -0.39 is 0 Å². The van der Waals surface area contributed by atoms with Gasteiger partial charge in [-0.15, -0.1) is 0 Å². The zero-order chi connectivity index (χ0) is 22.8. The fraction of sp³-hybridized carbons (Fsp3) is 0.621. The molecule has 1 aromatic carbocycles. The smallest absolute Gasteiger partial charge is 0.244 e. The minimum atomic E-state index is -0.109. The van der Waals surface area contributed by atoms with Crippen LogP contribution in [-0.4, -0.2) is 15.8 Å². The normalized spacial score (nSPS) is 38.8. The number of benzene rings is 1. The Morgan fingerprint density at radius 3 is 2.74 bits per heavy atom. The van der Waals surface area contributed by atoms with Gasteiger partial charge in [0.25, 0.3) is 0 Å². The van der Waals surface area contributed by atoms with E-state index in [1.807, 2.05) is 0 Å². The SMILES string of the molecule is C[C@]12CC[C@H]3[C@@H](CC=C4C[C@@H](O)CC[C@@]43C)[C@@H]1CC[C@@H]2n1cc[n+](Cc2ccccc2Br)c1.[Br-]. The van der Waals surface area contributed by atoms with Gasteiger partial charge in [0.2, 0.25) is 6.33 Å². The molecule has 0 radical (unpaired) electrons. The second kappa shape index (κ2) is 9.19. The van der Waals surface area contributed by atoms with Crippen molar-refractivity contribution in [2.24, 2.45) is 28.6 Å². The molecule has 3 nitrogen and oxygen atoms in total. The number of aliphatic hydroxyl groups is 1. The molecule has 3 fully saturated rings. The second-order valence-electron chi connectivity index (χ2n) is 11.9. The topological polar surface area (TPSA) is 29.0 Å². The van der Waals surface area contributed by atoms with E-state index >= 15 is 0 Å². The molecule has 7 atom stereocenters. The summed E-state index contributed by atoms with van der Waals surface area (Å²) in [4.78, 5) is 0. The summed E-state index contributed by atoms with van der Waals surface area (Å²) in [6.07, 6.45) is 19.1. The van der Waals surface area contributed by atoms with E-state index in [0.29, 0.717) is 16.9 Å². The lowest BCUT2D eigenvalue weighted by atomic mass is 9.48. The highest BCUT2D eigenvalue weighted by Gasteiger charge is 2.60. The van der Waals surface area contributed by atoms with Gasteiger partial charge in [-0.25, -0.2) is 9.13 Å². The van der Waals surface area contributed by atoms with Crippen molar-refractivity contribution >= 4 is 15.9 Å². The fourth-order valence-electron chi connectivity index (χ4n) is 8.62. The first-order valence-corrected chi connectivity index (χ1v) is 13.9. The van der Waals surface area contributed by atoms with Crippen molar-refractivity contribution in [3.05, 3.63) is 64.7 Å². The summed E-state index contributed by atoms with van der Waals surface area (Å²) in [5.41, 5.74) is 3.63. The molecule has 184 valence electrons. The van der Waals surface area contributed by atoms with Gasteiger partial charge in [-0.3, -0.25) is 0 Å². The summed E-state index contributed by atoms with van der Waals surface area (Å²) in [7, 11) is 0. The number of aliphatic hydroxyl groups excluding tert-OH is 1. The molecular formula is C29H38Br2N2O. The molecule has 4 aliphatic carbocycles.